The molecular formula is C20H15BrFN7. The van der Waals surface area contributed by atoms with E-state index in [0.29, 0.717) is 16.7 Å². The lowest BCUT2D eigenvalue weighted by Crippen LogP contribution is -2.27. The number of aromatic nitrogens is 5. The first-order chi connectivity index (χ1) is 14.0. The average molecular weight is 452 g/mol. The van der Waals surface area contributed by atoms with E-state index in [4.69, 9.17) is 10.7 Å². The molecule has 1 atom stereocenters. The van der Waals surface area contributed by atoms with Crippen molar-refractivity contribution in [2.75, 3.05) is 5.73 Å². The molecule has 0 aliphatic carbocycles. The van der Waals surface area contributed by atoms with Gasteiger partial charge >= 0.3 is 0 Å². The Morgan fingerprint density at radius 2 is 2.00 bits per heavy atom. The first-order valence-electron chi connectivity index (χ1n) is 8.98. The van der Waals surface area contributed by atoms with Gasteiger partial charge in [-0.3, -0.25) is 4.99 Å². The van der Waals surface area contributed by atoms with Gasteiger partial charge in [-0.1, -0.05) is 39.3 Å². The third-order valence-electron chi connectivity index (χ3n) is 4.94. The van der Waals surface area contributed by atoms with Crippen molar-refractivity contribution in [3.8, 4) is 0 Å². The van der Waals surface area contributed by atoms with Crippen LogP contribution in [0.5, 0.6) is 0 Å². The highest BCUT2D eigenvalue weighted by Crippen LogP contribution is 2.35. The van der Waals surface area contributed by atoms with Crippen molar-refractivity contribution in [1.82, 2.24) is 25.0 Å². The van der Waals surface area contributed by atoms with Crippen LogP contribution in [0.2, 0.25) is 0 Å². The topological polar surface area (TPSA) is 94.9 Å². The SMILES string of the molecule is Cc1nc(N)nc2c1C(n1nnc3ccccc31)=NC(c1ccc(F)cc1Br)C2. The molecule has 2 aromatic heterocycles. The molecule has 2 N–H and O–H groups in total. The summed E-state index contributed by atoms with van der Waals surface area (Å²) in [7, 11) is 0. The quantitative estimate of drug-likeness (QED) is 0.476. The van der Waals surface area contributed by atoms with Crippen LogP contribution in [0.3, 0.4) is 0 Å². The highest BCUT2D eigenvalue weighted by atomic mass is 79.9. The molecule has 3 heterocycles. The molecule has 1 unspecified atom stereocenters. The number of aliphatic imine (C=N–C) groups is 1. The van der Waals surface area contributed by atoms with Gasteiger partial charge in [0.2, 0.25) is 5.95 Å². The number of hydrogen-bond donors (Lipinski definition) is 1. The molecule has 7 nitrogen and oxygen atoms in total. The molecule has 29 heavy (non-hydrogen) atoms. The normalized spacial score (nSPS) is 16.0. The number of aryl methyl sites for hydroxylation is 1. The van der Waals surface area contributed by atoms with E-state index in [1.54, 1.807) is 10.7 Å². The highest BCUT2D eigenvalue weighted by Gasteiger charge is 2.29. The van der Waals surface area contributed by atoms with E-state index in [2.05, 4.69) is 36.2 Å². The van der Waals surface area contributed by atoms with Gasteiger partial charge in [0.05, 0.1) is 28.5 Å². The molecule has 144 valence electrons. The van der Waals surface area contributed by atoms with Crippen LogP contribution in [0.4, 0.5) is 10.3 Å². The fourth-order valence-electron chi connectivity index (χ4n) is 3.67. The first-order valence-corrected chi connectivity index (χ1v) is 9.77. The lowest BCUT2D eigenvalue weighted by Gasteiger charge is -2.25. The molecule has 2 aromatic carbocycles. The Morgan fingerprint density at radius 1 is 1.17 bits per heavy atom. The van der Waals surface area contributed by atoms with Gasteiger partial charge in [0, 0.05) is 10.9 Å². The zero-order valence-corrected chi connectivity index (χ0v) is 16.9. The maximum Gasteiger partial charge on any atom is 0.220 e. The third-order valence-corrected chi connectivity index (χ3v) is 5.63. The van der Waals surface area contributed by atoms with Crippen LogP contribution in [-0.4, -0.2) is 30.8 Å². The van der Waals surface area contributed by atoms with E-state index in [1.807, 2.05) is 31.2 Å². The van der Waals surface area contributed by atoms with E-state index in [0.717, 1.165) is 33.5 Å². The van der Waals surface area contributed by atoms with Gasteiger partial charge in [-0.15, -0.1) is 5.10 Å². The van der Waals surface area contributed by atoms with Gasteiger partial charge < -0.3 is 5.73 Å². The van der Waals surface area contributed by atoms with Crippen molar-refractivity contribution in [2.45, 2.75) is 19.4 Å². The summed E-state index contributed by atoms with van der Waals surface area (Å²) in [4.78, 5) is 13.8. The van der Waals surface area contributed by atoms with Crippen LogP contribution >= 0.6 is 15.9 Å². The summed E-state index contributed by atoms with van der Waals surface area (Å²) in [5.74, 6) is 0.493. The lowest BCUT2D eigenvalue weighted by atomic mass is 9.95. The Bertz CT molecular complexity index is 1300. The summed E-state index contributed by atoms with van der Waals surface area (Å²) in [5.41, 5.74) is 10.7. The van der Waals surface area contributed by atoms with E-state index in [-0.39, 0.29) is 17.8 Å². The number of halogens is 2. The third kappa shape index (κ3) is 2.98. The van der Waals surface area contributed by atoms with Gasteiger partial charge in [0.1, 0.15) is 11.3 Å². The summed E-state index contributed by atoms with van der Waals surface area (Å²) in [6.45, 7) is 1.87. The Kier molecular flexibility index (Phi) is 4.13. The van der Waals surface area contributed by atoms with Crippen LogP contribution < -0.4 is 5.73 Å². The lowest BCUT2D eigenvalue weighted by molar-refractivity contribution is 0.621. The molecule has 0 spiro atoms. The zero-order chi connectivity index (χ0) is 20.1. The van der Waals surface area contributed by atoms with Crippen LogP contribution in [-0.2, 0) is 6.42 Å². The summed E-state index contributed by atoms with van der Waals surface area (Å²) in [5, 5.41) is 8.57. The van der Waals surface area contributed by atoms with E-state index < -0.39 is 0 Å². The number of anilines is 1. The van der Waals surface area contributed by atoms with Crippen molar-refractivity contribution in [1.29, 1.82) is 0 Å². The molecule has 0 bridgehead atoms. The van der Waals surface area contributed by atoms with Gasteiger partial charge in [-0.05, 0) is 36.8 Å². The Morgan fingerprint density at radius 3 is 2.83 bits per heavy atom. The molecule has 0 saturated carbocycles. The maximum absolute atomic E-state index is 13.6. The molecule has 5 rings (SSSR count). The van der Waals surface area contributed by atoms with Gasteiger partial charge in [-0.25, -0.2) is 14.4 Å². The molecule has 4 aromatic rings. The fourth-order valence-corrected chi connectivity index (χ4v) is 4.29. The smallest absolute Gasteiger partial charge is 0.220 e. The molecule has 0 radical (unpaired) electrons. The molecule has 1 aliphatic rings. The summed E-state index contributed by atoms with van der Waals surface area (Å²) in [6.07, 6.45) is 0.517. The second-order valence-corrected chi connectivity index (χ2v) is 7.67. The van der Waals surface area contributed by atoms with Crippen molar-refractivity contribution in [2.24, 2.45) is 4.99 Å². The van der Waals surface area contributed by atoms with Crippen LogP contribution in [0.1, 0.15) is 28.6 Å². The van der Waals surface area contributed by atoms with E-state index >= 15 is 0 Å². The minimum Gasteiger partial charge on any atom is -0.368 e. The molecule has 0 amide bonds. The van der Waals surface area contributed by atoms with Crippen molar-refractivity contribution >= 4 is 38.7 Å². The molecule has 9 heteroatoms. The zero-order valence-electron chi connectivity index (χ0n) is 15.3. The predicted molar refractivity (Wildman–Crippen MR) is 111 cm³/mol. The van der Waals surface area contributed by atoms with Crippen LogP contribution in [0.25, 0.3) is 11.0 Å². The van der Waals surface area contributed by atoms with Crippen LogP contribution in [0.15, 0.2) is 51.9 Å². The average Bonchev–Trinajstić information content (AvgIpc) is 3.11. The standard InChI is InChI=1S/C20H15BrFN7/c1-10-18-16(26-20(23)24-10)9-15(12-7-6-11(22)8-13(12)21)25-19(18)29-17-5-3-2-4-14(17)27-28-29/h2-8,15H,9H2,1H3,(H2,23,24,26). The maximum atomic E-state index is 13.6. The van der Waals surface area contributed by atoms with Gasteiger partial charge in [-0.2, -0.15) is 4.68 Å². The molecule has 0 fully saturated rings. The van der Waals surface area contributed by atoms with E-state index in [9.17, 15) is 4.39 Å². The number of nitrogens with two attached hydrogens (primary N) is 1. The second kappa shape index (κ2) is 6.70. The highest BCUT2D eigenvalue weighted by molar-refractivity contribution is 9.10. The summed E-state index contributed by atoms with van der Waals surface area (Å²) >= 11 is 3.46. The predicted octanol–water partition coefficient (Wildman–Crippen LogP) is 3.61. The molecular weight excluding hydrogens is 437 g/mol. The summed E-state index contributed by atoms with van der Waals surface area (Å²) in [6, 6.07) is 12.0. The number of nitrogens with zero attached hydrogens (tertiary/aromatic N) is 6. The van der Waals surface area contributed by atoms with Gasteiger partial charge in [0.15, 0.2) is 5.84 Å². The Labute approximate surface area is 173 Å². The first kappa shape index (κ1) is 17.9. The fraction of sp³-hybridized carbons (Fsp3) is 0.150. The van der Waals surface area contributed by atoms with Crippen molar-refractivity contribution in [3.05, 3.63) is 75.3 Å². The molecule has 0 saturated heterocycles. The van der Waals surface area contributed by atoms with E-state index in [1.165, 1.54) is 12.1 Å². The minimum absolute atomic E-state index is 0.211. The Hall–Kier alpha value is -3.20. The second-order valence-electron chi connectivity index (χ2n) is 6.82. The minimum atomic E-state index is -0.314. The summed E-state index contributed by atoms with van der Waals surface area (Å²) < 4.78 is 16.0. The Balaban J connectivity index is 1.76. The number of nitrogen functional groups attached to an aromatic ring is 1. The number of rotatable bonds is 1. The monoisotopic (exact) mass is 451 g/mol. The number of benzene rings is 2. The largest absolute Gasteiger partial charge is 0.368 e. The van der Waals surface area contributed by atoms with Gasteiger partial charge in [0.25, 0.3) is 0 Å². The van der Waals surface area contributed by atoms with Crippen LogP contribution in [0, 0.1) is 12.7 Å². The number of para-hydroxylation sites is 1. The number of fused-ring (bicyclic) bond motifs is 2. The number of hydrogen-bond acceptors (Lipinski definition) is 6. The van der Waals surface area contributed by atoms with Crippen molar-refractivity contribution in [3.63, 3.8) is 0 Å². The molecule has 1 aliphatic heterocycles. The van der Waals surface area contributed by atoms with Crippen molar-refractivity contribution < 1.29 is 4.39 Å².